The number of amides is 1. The largest absolute Gasteiger partial charge is 0.396 e. The molecule has 0 bridgehead atoms. The molecule has 0 radical (unpaired) electrons. The summed E-state index contributed by atoms with van der Waals surface area (Å²) >= 11 is 1.76. The zero-order valence-corrected chi connectivity index (χ0v) is 11.5. The third-order valence-corrected chi connectivity index (χ3v) is 3.60. The van der Waals surface area contributed by atoms with Crippen molar-refractivity contribution >= 4 is 29.0 Å². The van der Waals surface area contributed by atoms with E-state index in [1.807, 2.05) is 0 Å². The lowest BCUT2D eigenvalue weighted by Gasteiger charge is -2.07. The van der Waals surface area contributed by atoms with Gasteiger partial charge in [0, 0.05) is 17.9 Å². The Morgan fingerprint density at radius 3 is 2.83 bits per heavy atom. The summed E-state index contributed by atoms with van der Waals surface area (Å²) in [6.45, 7) is 4.29. The fraction of sp³-hybridized carbons (Fsp3) is 0.462. The normalized spacial score (nSPS) is 10.7. The first-order valence-electron chi connectivity index (χ1n) is 5.91. The Morgan fingerprint density at radius 2 is 2.22 bits per heavy atom. The van der Waals surface area contributed by atoms with Gasteiger partial charge in [-0.25, -0.2) is 4.39 Å². The van der Waals surface area contributed by atoms with Crippen LogP contribution in [-0.4, -0.2) is 17.4 Å². The highest BCUT2D eigenvalue weighted by atomic mass is 32.2. The van der Waals surface area contributed by atoms with Crippen molar-refractivity contribution in [1.82, 2.24) is 0 Å². The van der Waals surface area contributed by atoms with Gasteiger partial charge in [-0.15, -0.1) is 0 Å². The molecule has 0 spiro atoms. The van der Waals surface area contributed by atoms with Crippen molar-refractivity contribution in [3.05, 3.63) is 24.0 Å². The summed E-state index contributed by atoms with van der Waals surface area (Å²) in [5.41, 5.74) is 6.00. The lowest BCUT2D eigenvalue weighted by molar-refractivity contribution is -0.115. The molecule has 1 rings (SSSR count). The van der Waals surface area contributed by atoms with Crippen molar-refractivity contribution in [2.45, 2.75) is 20.3 Å². The molecule has 0 atom stereocenters. The summed E-state index contributed by atoms with van der Waals surface area (Å²) in [6, 6.07) is 4.18. The number of anilines is 2. The summed E-state index contributed by atoms with van der Waals surface area (Å²) in [4.78, 5) is 11.6. The van der Waals surface area contributed by atoms with Gasteiger partial charge >= 0.3 is 0 Å². The maximum atomic E-state index is 12.9. The second kappa shape index (κ2) is 7.26. The van der Waals surface area contributed by atoms with Gasteiger partial charge in [-0.3, -0.25) is 4.79 Å². The first kappa shape index (κ1) is 14.8. The number of benzene rings is 1. The van der Waals surface area contributed by atoms with Crippen molar-refractivity contribution in [2.24, 2.45) is 5.92 Å². The number of hydrogen-bond acceptors (Lipinski definition) is 3. The van der Waals surface area contributed by atoms with E-state index in [0.29, 0.717) is 18.0 Å². The van der Waals surface area contributed by atoms with E-state index in [1.165, 1.54) is 18.2 Å². The van der Waals surface area contributed by atoms with Gasteiger partial charge in [0.2, 0.25) is 5.91 Å². The van der Waals surface area contributed by atoms with E-state index in [9.17, 15) is 9.18 Å². The SMILES string of the molecule is CC(C)CSCCC(=O)Nc1ccc(F)c(N)c1. The maximum Gasteiger partial charge on any atom is 0.225 e. The van der Waals surface area contributed by atoms with Gasteiger partial charge in [-0.2, -0.15) is 11.8 Å². The van der Waals surface area contributed by atoms with Gasteiger partial charge in [0.1, 0.15) is 5.82 Å². The zero-order chi connectivity index (χ0) is 13.5. The molecule has 100 valence electrons. The predicted molar refractivity (Wildman–Crippen MR) is 76.2 cm³/mol. The number of carbonyl (C=O) groups is 1. The first-order chi connectivity index (χ1) is 8.49. The molecule has 0 aliphatic heterocycles. The highest BCUT2D eigenvalue weighted by Crippen LogP contribution is 2.17. The Labute approximate surface area is 111 Å². The standard InChI is InChI=1S/C13H19FN2OS/c1-9(2)8-18-6-5-13(17)16-10-3-4-11(14)12(15)7-10/h3-4,7,9H,5-6,8,15H2,1-2H3,(H,16,17). The number of nitrogens with two attached hydrogens (primary N) is 1. The van der Waals surface area contributed by atoms with E-state index >= 15 is 0 Å². The lowest BCUT2D eigenvalue weighted by Crippen LogP contribution is -2.12. The molecular weight excluding hydrogens is 251 g/mol. The molecule has 0 saturated heterocycles. The molecule has 0 heterocycles. The molecule has 1 amide bonds. The van der Waals surface area contributed by atoms with Gasteiger partial charge in [-0.1, -0.05) is 13.8 Å². The van der Waals surface area contributed by atoms with Crippen LogP contribution in [0.15, 0.2) is 18.2 Å². The fourth-order valence-electron chi connectivity index (χ4n) is 1.33. The Bertz CT molecular complexity index is 410. The number of nitrogen functional groups attached to an aromatic ring is 1. The van der Waals surface area contributed by atoms with E-state index in [1.54, 1.807) is 11.8 Å². The average Bonchev–Trinajstić information content (AvgIpc) is 2.29. The molecule has 1 aromatic carbocycles. The zero-order valence-electron chi connectivity index (χ0n) is 10.7. The van der Waals surface area contributed by atoms with Crippen LogP contribution in [-0.2, 0) is 4.79 Å². The smallest absolute Gasteiger partial charge is 0.225 e. The number of carbonyl (C=O) groups excluding carboxylic acids is 1. The highest BCUT2D eigenvalue weighted by Gasteiger charge is 2.05. The van der Waals surface area contributed by atoms with Crippen molar-refractivity contribution in [3.63, 3.8) is 0 Å². The topological polar surface area (TPSA) is 55.1 Å². The number of halogens is 1. The lowest BCUT2D eigenvalue weighted by atomic mass is 10.2. The molecule has 5 heteroatoms. The van der Waals surface area contributed by atoms with Gasteiger partial charge in [0.25, 0.3) is 0 Å². The minimum Gasteiger partial charge on any atom is -0.396 e. The van der Waals surface area contributed by atoms with Crippen LogP contribution in [0.3, 0.4) is 0 Å². The Kier molecular flexibility index (Phi) is 5.98. The summed E-state index contributed by atoms with van der Waals surface area (Å²) in [7, 11) is 0. The monoisotopic (exact) mass is 270 g/mol. The minimum absolute atomic E-state index is 0.0435. The van der Waals surface area contributed by atoms with Gasteiger partial charge < -0.3 is 11.1 Å². The molecule has 1 aromatic rings. The number of rotatable bonds is 6. The molecule has 0 saturated carbocycles. The van der Waals surface area contributed by atoms with Gasteiger partial charge in [-0.05, 0) is 29.9 Å². The van der Waals surface area contributed by atoms with E-state index in [2.05, 4.69) is 19.2 Å². The quantitative estimate of drug-likeness (QED) is 0.617. The molecular formula is C13H19FN2OS. The molecule has 18 heavy (non-hydrogen) atoms. The van der Waals surface area contributed by atoms with Crippen LogP contribution < -0.4 is 11.1 Å². The summed E-state index contributed by atoms with van der Waals surface area (Å²) in [6.07, 6.45) is 0.453. The number of nitrogens with one attached hydrogen (secondary N) is 1. The van der Waals surface area contributed by atoms with E-state index in [0.717, 1.165) is 11.5 Å². The van der Waals surface area contributed by atoms with Crippen LogP contribution in [0.25, 0.3) is 0 Å². The van der Waals surface area contributed by atoms with Crippen LogP contribution >= 0.6 is 11.8 Å². The molecule has 3 N–H and O–H groups in total. The van der Waals surface area contributed by atoms with Crippen molar-refractivity contribution in [3.8, 4) is 0 Å². The van der Waals surface area contributed by atoms with E-state index in [4.69, 9.17) is 5.73 Å². The fourth-order valence-corrected chi connectivity index (χ4v) is 2.30. The van der Waals surface area contributed by atoms with Crippen molar-refractivity contribution in [1.29, 1.82) is 0 Å². The molecule has 0 fully saturated rings. The van der Waals surface area contributed by atoms with Crippen LogP contribution in [0.1, 0.15) is 20.3 Å². The molecule has 0 aliphatic rings. The minimum atomic E-state index is -0.472. The number of hydrogen-bond donors (Lipinski definition) is 2. The maximum absolute atomic E-state index is 12.9. The molecule has 0 aliphatic carbocycles. The van der Waals surface area contributed by atoms with Crippen molar-refractivity contribution < 1.29 is 9.18 Å². The summed E-state index contributed by atoms with van der Waals surface area (Å²) < 4.78 is 12.9. The summed E-state index contributed by atoms with van der Waals surface area (Å²) in [5.74, 6) is 1.94. The second-order valence-electron chi connectivity index (χ2n) is 4.50. The number of thioether (sulfide) groups is 1. The third kappa shape index (κ3) is 5.40. The van der Waals surface area contributed by atoms with Crippen LogP contribution in [0.5, 0.6) is 0 Å². The van der Waals surface area contributed by atoms with Crippen LogP contribution in [0.2, 0.25) is 0 Å². The second-order valence-corrected chi connectivity index (χ2v) is 5.65. The van der Waals surface area contributed by atoms with Crippen molar-refractivity contribution in [2.75, 3.05) is 22.6 Å². The van der Waals surface area contributed by atoms with Crippen LogP contribution in [0, 0.1) is 11.7 Å². The molecule has 0 unspecified atom stereocenters. The Balaban J connectivity index is 2.33. The van der Waals surface area contributed by atoms with E-state index < -0.39 is 5.82 Å². The van der Waals surface area contributed by atoms with E-state index in [-0.39, 0.29) is 11.6 Å². The van der Waals surface area contributed by atoms with Crippen LogP contribution in [0.4, 0.5) is 15.8 Å². The van der Waals surface area contributed by atoms with Gasteiger partial charge in [0.15, 0.2) is 0 Å². The highest BCUT2D eigenvalue weighted by molar-refractivity contribution is 7.99. The average molecular weight is 270 g/mol. The molecule has 0 aromatic heterocycles. The first-order valence-corrected chi connectivity index (χ1v) is 7.07. The summed E-state index contributed by atoms with van der Waals surface area (Å²) in [5, 5.41) is 2.70. The predicted octanol–water partition coefficient (Wildman–Crippen LogP) is 3.13. The Morgan fingerprint density at radius 1 is 1.50 bits per heavy atom. The Hall–Kier alpha value is -1.23. The van der Waals surface area contributed by atoms with Gasteiger partial charge in [0.05, 0.1) is 5.69 Å². The molecule has 3 nitrogen and oxygen atoms in total. The third-order valence-electron chi connectivity index (χ3n) is 2.20.